The van der Waals surface area contributed by atoms with Gasteiger partial charge in [0.05, 0.1) is 11.8 Å². The number of ether oxygens (including phenoxy) is 1. The Labute approximate surface area is 160 Å². The molecule has 1 aromatic heterocycles. The molecular formula is C20H17N2O4S+. The van der Waals surface area contributed by atoms with Crippen LogP contribution in [0.1, 0.15) is 21.5 Å². The Hall–Kier alpha value is -3.16. The van der Waals surface area contributed by atoms with Gasteiger partial charge in [-0.2, -0.15) is 0 Å². The summed E-state index contributed by atoms with van der Waals surface area (Å²) in [7, 11) is 0. The molecule has 0 saturated heterocycles. The van der Waals surface area contributed by atoms with Crippen LogP contribution in [0.3, 0.4) is 0 Å². The zero-order valence-corrected chi connectivity index (χ0v) is 15.1. The van der Waals surface area contributed by atoms with Crippen molar-refractivity contribution in [2.45, 2.75) is 18.0 Å². The molecule has 27 heavy (non-hydrogen) atoms. The van der Waals surface area contributed by atoms with Gasteiger partial charge in [0, 0.05) is 35.1 Å². The Bertz CT molecular complexity index is 930. The Morgan fingerprint density at radius 3 is 2.56 bits per heavy atom. The SMILES string of the molecule is O=[S+]c1ccc(Oc2cccnc2)cc1CNCc1ccc(C(=O)O)cc1. The Morgan fingerprint density at radius 1 is 1.07 bits per heavy atom. The quantitative estimate of drug-likeness (QED) is 0.579. The summed E-state index contributed by atoms with van der Waals surface area (Å²) in [6.45, 7) is 1.03. The molecule has 2 N–H and O–H groups in total. The molecule has 0 aliphatic heterocycles. The third-order valence-electron chi connectivity index (χ3n) is 3.84. The van der Waals surface area contributed by atoms with Gasteiger partial charge in [-0.1, -0.05) is 12.1 Å². The molecule has 0 saturated carbocycles. The molecule has 0 bridgehead atoms. The summed E-state index contributed by atoms with van der Waals surface area (Å²) in [6.07, 6.45) is 3.29. The summed E-state index contributed by atoms with van der Waals surface area (Å²) in [5, 5.41) is 12.2. The van der Waals surface area contributed by atoms with Crippen molar-refractivity contribution in [2.24, 2.45) is 0 Å². The highest BCUT2D eigenvalue weighted by Gasteiger charge is 2.15. The first kappa shape index (κ1) is 18.6. The lowest BCUT2D eigenvalue weighted by molar-refractivity contribution is 0.0697. The molecule has 0 radical (unpaired) electrons. The van der Waals surface area contributed by atoms with Crippen LogP contribution >= 0.6 is 0 Å². The number of nitrogens with one attached hydrogen (secondary N) is 1. The maximum absolute atomic E-state index is 11.3. The fraction of sp³-hybridized carbons (Fsp3) is 0.100. The number of rotatable bonds is 8. The third-order valence-corrected chi connectivity index (χ3v) is 4.42. The van der Waals surface area contributed by atoms with Crippen molar-refractivity contribution in [3.05, 3.63) is 83.7 Å². The molecule has 0 aliphatic rings. The van der Waals surface area contributed by atoms with E-state index in [2.05, 4.69) is 10.3 Å². The second-order valence-corrected chi connectivity index (χ2v) is 6.36. The minimum absolute atomic E-state index is 0.254. The van der Waals surface area contributed by atoms with Crippen LogP contribution in [0.15, 0.2) is 71.9 Å². The monoisotopic (exact) mass is 381 g/mol. The van der Waals surface area contributed by atoms with Crippen molar-refractivity contribution in [3.8, 4) is 11.5 Å². The van der Waals surface area contributed by atoms with E-state index < -0.39 is 5.97 Å². The highest BCUT2D eigenvalue weighted by Crippen LogP contribution is 2.24. The highest BCUT2D eigenvalue weighted by molar-refractivity contribution is 7.65. The second kappa shape index (κ2) is 8.98. The number of carboxylic acids is 1. The highest BCUT2D eigenvalue weighted by atomic mass is 32.1. The summed E-state index contributed by atoms with van der Waals surface area (Å²) < 4.78 is 17.1. The van der Waals surface area contributed by atoms with E-state index in [9.17, 15) is 9.00 Å². The van der Waals surface area contributed by atoms with E-state index in [0.717, 1.165) is 11.1 Å². The zero-order chi connectivity index (χ0) is 19.1. The van der Waals surface area contributed by atoms with Crippen LogP contribution in [0, 0.1) is 0 Å². The molecule has 136 valence electrons. The summed E-state index contributed by atoms with van der Waals surface area (Å²) in [6, 6.07) is 15.6. The Balaban J connectivity index is 1.65. The summed E-state index contributed by atoms with van der Waals surface area (Å²) in [5.41, 5.74) is 2.04. The van der Waals surface area contributed by atoms with Gasteiger partial charge in [-0.15, -0.1) is 0 Å². The van der Waals surface area contributed by atoms with Crippen molar-refractivity contribution in [1.29, 1.82) is 0 Å². The van der Waals surface area contributed by atoms with Gasteiger partial charge in [-0.3, -0.25) is 4.98 Å². The van der Waals surface area contributed by atoms with Gasteiger partial charge in [0.25, 0.3) is 4.90 Å². The van der Waals surface area contributed by atoms with Crippen LogP contribution in [0.4, 0.5) is 0 Å². The smallest absolute Gasteiger partial charge is 0.478 e. The van der Waals surface area contributed by atoms with Crippen molar-refractivity contribution >= 4 is 17.6 Å². The fourth-order valence-electron chi connectivity index (χ4n) is 2.49. The number of pyridine rings is 1. The molecule has 0 spiro atoms. The minimum Gasteiger partial charge on any atom is -0.478 e. The minimum atomic E-state index is -0.947. The van der Waals surface area contributed by atoms with Gasteiger partial charge < -0.3 is 15.2 Å². The van der Waals surface area contributed by atoms with Crippen LogP contribution in [0.25, 0.3) is 0 Å². The van der Waals surface area contributed by atoms with Gasteiger partial charge in [0.1, 0.15) is 11.5 Å². The Morgan fingerprint density at radius 2 is 1.89 bits per heavy atom. The second-order valence-electron chi connectivity index (χ2n) is 5.75. The standard InChI is InChI=1S/C20H16N2O4S/c23-20(24)15-5-3-14(4-6-15)11-22-12-16-10-17(7-8-19(16)27-25)26-18-2-1-9-21-13-18/h1-10,13,22H,11-12H2/p+1. The van der Waals surface area contributed by atoms with Gasteiger partial charge in [0.15, 0.2) is 0 Å². The molecular weight excluding hydrogens is 364 g/mol. The average Bonchev–Trinajstić information content (AvgIpc) is 2.69. The lowest BCUT2D eigenvalue weighted by Gasteiger charge is -2.08. The van der Waals surface area contributed by atoms with Crippen LogP contribution in [0.2, 0.25) is 0 Å². The van der Waals surface area contributed by atoms with Crippen molar-refractivity contribution in [3.63, 3.8) is 0 Å². The molecule has 3 rings (SSSR count). The van der Waals surface area contributed by atoms with Crippen molar-refractivity contribution in [1.82, 2.24) is 10.3 Å². The van der Waals surface area contributed by atoms with E-state index in [1.165, 1.54) is 0 Å². The van der Waals surface area contributed by atoms with Gasteiger partial charge in [-0.25, -0.2) is 4.79 Å². The number of aromatic nitrogens is 1. The van der Waals surface area contributed by atoms with E-state index in [4.69, 9.17) is 9.84 Å². The summed E-state index contributed by atoms with van der Waals surface area (Å²) >= 11 is 0.439. The number of carboxylic acid groups (broad SMARTS) is 1. The first-order chi connectivity index (χ1) is 13.2. The largest absolute Gasteiger partial charge is 0.505 e. The summed E-state index contributed by atoms with van der Waals surface area (Å²) in [5.74, 6) is 0.304. The summed E-state index contributed by atoms with van der Waals surface area (Å²) in [4.78, 5) is 15.5. The van der Waals surface area contributed by atoms with Crippen molar-refractivity contribution < 1.29 is 18.8 Å². The zero-order valence-electron chi connectivity index (χ0n) is 14.3. The van der Waals surface area contributed by atoms with Crippen LogP contribution < -0.4 is 10.1 Å². The molecule has 7 heteroatoms. The fourth-order valence-corrected chi connectivity index (χ4v) is 2.85. The molecule has 0 atom stereocenters. The topological polar surface area (TPSA) is 88.5 Å². The number of benzene rings is 2. The van der Waals surface area contributed by atoms with Crippen LogP contribution in [-0.4, -0.2) is 16.1 Å². The van der Waals surface area contributed by atoms with Crippen molar-refractivity contribution in [2.75, 3.05) is 0 Å². The van der Waals surface area contributed by atoms with E-state index in [-0.39, 0.29) is 5.56 Å². The van der Waals surface area contributed by atoms with E-state index in [1.54, 1.807) is 54.9 Å². The predicted molar refractivity (Wildman–Crippen MR) is 101 cm³/mol. The van der Waals surface area contributed by atoms with Gasteiger partial charge in [-0.05, 0) is 42.0 Å². The molecule has 6 nitrogen and oxygen atoms in total. The molecule has 0 aliphatic carbocycles. The molecule has 0 amide bonds. The molecule has 0 fully saturated rings. The normalized spacial score (nSPS) is 10.4. The van der Waals surface area contributed by atoms with Crippen LogP contribution in [0.5, 0.6) is 11.5 Å². The average molecular weight is 381 g/mol. The lowest BCUT2D eigenvalue weighted by atomic mass is 10.1. The lowest BCUT2D eigenvalue weighted by Crippen LogP contribution is -2.13. The van der Waals surface area contributed by atoms with E-state index in [0.29, 0.717) is 41.2 Å². The van der Waals surface area contributed by atoms with Crippen LogP contribution in [-0.2, 0) is 29.0 Å². The third kappa shape index (κ3) is 5.16. The number of nitrogens with zero attached hydrogens (tertiary/aromatic N) is 1. The predicted octanol–water partition coefficient (Wildman–Crippen LogP) is 3.65. The number of aromatic carboxylic acids is 1. The first-order valence-corrected chi connectivity index (χ1v) is 8.93. The molecule has 2 aromatic carbocycles. The molecule has 1 heterocycles. The van der Waals surface area contributed by atoms with E-state index >= 15 is 0 Å². The Kier molecular flexibility index (Phi) is 6.19. The van der Waals surface area contributed by atoms with Gasteiger partial charge in [0.2, 0.25) is 0 Å². The first-order valence-electron chi connectivity index (χ1n) is 8.19. The number of carbonyl (C=O) groups is 1. The number of hydrogen-bond acceptors (Lipinski definition) is 5. The maximum Gasteiger partial charge on any atom is 0.505 e. The molecule has 3 aromatic rings. The number of hydrogen-bond donors (Lipinski definition) is 2. The maximum atomic E-state index is 11.3. The van der Waals surface area contributed by atoms with Gasteiger partial charge >= 0.3 is 17.6 Å². The van der Waals surface area contributed by atoms with E-state index in [1.807, 2.05) is 12.1 Å². The molecule has 0 unspecified atom stereocenters.